The molecule has 164 valence electrons. The van der Waals surface area contributed by atoms with Crippen molar-refractivity contribution < 1.29 is 14.1 Å². The van der Waals surface area contributed by atoms with Gasteiger partial charge in [0.2, 0.25) is 5.91 Å². The molecular weight excluding hydrogens is 426 g/mol. The van der Waals surface area contributed by atoms with Crippen LogP contribution in [-0.4, -0.2) is 24.8 Å². The fourth-order valence-electron chi connectivity index (χ4n) is 3.61. The lowest BCUT2D eigenvalue weighted by molar-refractivity contribution is -0.384. The van der Waals surface area contributed by atoms with E-state index < -0.39 is 16.6 Å². The van der Waals surface area contributed by atoms with E-state index in [2.05, 4.69) is 10.3 Å². The van der Waals surface area contributed by atoms with Crippen LogP contribution in [0.1, 0.15) is 5.56 Å². The van der Waals surface area contributed by atoms with Gasteiger partial charge in [0.1, 0.15) is 12.2 Å². The third kappa shape index (κ3) is 3.85. The molecule has 0 unspecified atom stereocenters. The quantitative estimate of drug-likeness (QED) is 0.326. The summed E-state index contributed by atoms with van der Waals surface area (Å²) in [5, 5.41) is 13.6. The van der Waals surface area contributed by atoms with Crippen LogP contribution in [0.15, 0.2) is 76.2 Å². The predicted molar refractivity (Wildman–Crippen MR) is 121 cm³/mol. The van der Waals surface area contributed by atoms with Crippen molar-refractivity contribution in [2.45, 2.75) is 13.5 Å². The SMILES string of the molecule is Cc1ccn2cc(-c3ccc(NC(=O)Cn4c(=O)oc5cc([N+](=O)[O-])ccc54)cc3)nc2c1. The Hall–Kier alpha value is -4.73. The molecule has 0 bridgehead atoms. The van der Waals surface area contributed by atoms with Crippen molar-refractivity contribution in [3.63, 3.8) is 0 Å². The van der Waals surface area contributed by atoms with E-state index in [1.807, 2.05) is 48.0 Å². The van der Waals surface area contributed by atoms with Crippen LogP contribution in [0, 0.1) is 17.0 Å². The molecule has 10 nitrogen and oxygen atoms in total. The minimum absolute atomic E-state index is 0.0500. The van der Waals surface area contributed by atoms with Crippen LogP contribution in [0.5, 0.6) is 0 Å². The maximum Gasteiger partial charge on any atom is 0.420 e. The van der Waals surface area contributed by atoms with Gasteiger partial charge in [-0.05, 0) is 42.8 Å². The van der Waals surface area contributed by atoms with Gasteiger partial charge in [-0.1, -0.05) is 12.1 Å². The van der Waals surface area contributed by atoms with Gasteiger partial charge in [-0.25, -0.2) is 9.78 Å². The van der Waals surface area contributed by atoms with Crippen molar-refractivity contribution in [3.8, 4) is 11.3 Å². The molecule has 0 aliphatic heterocycles. The normalized spacial score (nSPS) is 11.2. The van der Waals surface area contributed by atoms with Gasteiger partial charge in [0, 0.05) is 29.7 Å². The molecule has 0 aliphatic rings. The number of amides is 1. The Morgan fingerprint density at radius 3 is 2.70 bits per heavy atom. The van der Waals surface area contributed by atoms with Gasteiger partial charge < -0.3 is 14.1 Å². The summed E-state index contributed by atoms with van der Waals surface area (Å²) >= 11 is 0. The molecule has 0 atom stereocenters. The van der Waals surface area contributed by atoms with Crippen LogP contribution in [-0.2, 0) is 11.3 Å². The average Bonchev–Trinajstić information content (AvgIpc) is 3.34. The van der Waals surface area contributed by atoms with Crippen molar-refractivity contribution in [3.05, 3.63) is 93.2 Å². The molecule has 3 heterocycles. The first-order chi connectivity index (χ1) is 15.9. The van der Waals surface area contributed by atoms with Crippen molar-refractivity contribution in [1.82, 2.24) is 14.0 Å². The van der Waals surface area contributed by atoms with Gasteiger partial charge in [0.15, 0.2) is 5.58 Å². The molecule has 0 saturated heterocycles. The molecular formula is C23H17N5O5. The van der Waals surface area contributed by atoms with Crippen LogP contribution in [0.4, 0.5) is 11.4 Å². The summed E-state index contributed by atoms with van der Waals surface area (Å²) in [5.74, 6) is -1.20. The monoisotopic (exact) mass is 443 g/mol. The molecule has 2 aromatic carbocycles. The molecule has 0 aliphatic carbocycles. The van der Waals surface area contributed by atoms with E-state index in [1.165, 1.54) is 12.1 Å². The Labute approximate surface area is 185 Å². The van der Waals surface area contributed by atoms with Crippen LogP contribution in [0.25, 0.3) is 28.0 Å². The maximum atomic E-state index is 12.5. The second-order valence-corrected chi connectivity index (χ2v) is 7.58. The van der Waals surface area contributed by atoms with Crippen molar-refractivity contribution in [2.75, 3.05) is 5.32 Å². The summed E-state index contributed by atoms with van der Waals surface area (Å²) in [5.41, 5.74) is 4.39. The molecule has 5 rings (SSSR count). The third-order valence-corrected chi connectivity index (χ3v) is 5.24. The molecule has 0 saturated carbocycles. The van der Waals surface area contributed by atoms with Gasteiger partial charge in [0.25, 0.3) is 5.69 Å². The minimum atomic E-state index is -0.766. The minimum Gasteiger partial charge on any atom is -0.407 e. The smallest absolute Gasteiger partial charge is 0.407 e. The van der Waals surface area contributed by atoms with Crippen molar-refractivity contribution >= 4 is 34.0 Å². The van der Waals surface area contributed by atoms with Crippen LogP contribution in [0.3, 0.4) is 0 Å². The van der Waals surface area contributed by atoms with Crippen LogP contribution in [0.2, 0.25) is 0 Å². The third-order valence-electron chi connectivity index (χ3n) is 5.24. The number of aromatic nitrogens is 3. The Morgan fingerprint density at radius 2 is 1.94 bits per heavy atom. The second kappa shape index (κ2) is 7.75. The Kier molecular flexibility index (Phi) is 4.74. The molecule has 3 aromatic heterocycles. The number of pyridine rings is 1. The number of aryl methyl sites for hydroxylation is 1. The standard InChI is InChI=1S/C23H17N5O5/c1-14-8-9-26-12-18(25-21(26)10-14)15-2-4-16(5-3-15)24-22(29)13-27-19-7-6-17(28(31)32)11-20(19)33-23(27)30/h2-12H,13H2,1H3,(H,24,29). The lowest BCUT2D eigenvalue weighted by atomic mass is 10.1. The number of fused-ring (bicyclic) bond motifs is 2. The van der Waals surface area contributed by atoms with E-state index in [9.17, 15) is 19.7 Å². The number of oxazole rings is 1. The number of hydrogen-bond donors (Lipinski definition) is 1. The van der Waals surface area contributed by atoms with E-state index in [1.54, 1.807) is 12.1 Å². The molecule has 1 amide bonds. The number of non-ortho nitro benzene ring substituents is 1. The second-order valence-electron chi connectivity index (χ2n) is 7.58. The zero-order valence-electron chi connectivity index (χ0n) is 17.4. The summed E-state index contributed by atoms with van der Waals surface area (Å²) in [6.45, 7) is 1.72. The number of rotatable bonds is 5. The average molecular weight is 443 g/mol. The first-order valence-corrected chi connectivity index (χ1v) is 10.0. The summed E-state index contributed by atoms with van der Waals surface area (Å²) in [6, 6.07) is 15.0. The molecule has 0 radical (unpaired) electrons. The van der Waals surface area contributed by atoms with Gasteiger partial charge in [-0.2, -0.15) is 0 Å². The van der Waals surface area contributed by atoms with Crippen LogP contribution < -0.4 is 11.1 Å². The van der Waals surface area contributed by atoms with E-state index >= 15 is 0 Å². The summed E-state index contributed by atoms with van der Waals surface area (Å²) < 4.78 is 8.12. The first kappa shape index (κ1) is 20.2. The zero-order valence-corrected chi connectivity index (χ0v) is 17.4. The lowest BCUT2D eigenvalue weighted by Crippen LogP contribution is -2.24. The fraction of sp³-hybridized carbons (Fsp3) is 0.0870. The highest BCUT2D eigenvalue weighted by molar-refractivity contribution is 5.91. The highest BCUT2D eigenvalue weighted by Gasteiger charge is 2.16. The number of imidazole rings is 1. The highest BCUT2D eigenvalue weighted by Crippen LogP contribution is 2.23. The zero-order chi connectivity index (χ0) is 23.1. The van der Waals surface area contributed by atoms with Crippen molar-refractivity contribution in [2.24, 2.45) is 0 Å². The highest BCUT2D eigenvalue weighted by atomic mass is 16.6. The van der Waals surface area contributed by atoms with E-state index in [0.29, 0.717) is 11.2 Å². The first-order valence-electron chi connectivity index (χ1n) is 10.0. The number of nitrogens with one attached hydrogen (secondary N) is 1. The predicted octanol–water partition coefficient (Wildman–Crippen LogP) is 3.76. The van der Waals surface area contributed by atoms with E-state index in [4.69, 9.17) is 4.42 Å². The number of carbonyl (C=O) groups excluding carboxylic acids is 1. The molecule has 33 heavy (non-hydrogen) atoms. The summed E-state index contributed by atoms with van der Waals surface area (Å²) in [7, 11) is 0. The Bertz CT molecular complexity index is 1590. The number of anilines is 1. The fourth-order valence-corrected chi connectivity index (χ4v) is 3.61. The molecule has 5 aromatic rings. The van der Waals surface area contributed by atoms with Gasteiger partial charge in [-0.15, -0.1) is 0 Å². The molecule has 0 spiro atoms. The molecule has 1 N–H and O–H groups in total. The number of nitro groups is 1. The lowest BCUT2D eigenvalue weighted by Gasteiger charge is -2.06. The van der Waals surface area contributed by atoms with Gasteiger partial charge in [0.05, 0.1) is 22.2 Å². The Morgan fingerprint density at radius 1 is 1.15 bits per heavy atom. The number of nitro benzene ring substituents is 1. The number of carbonyl (C=O) groups is 1. The number of hydrogen-bond acceptors (Lipinski definition) is 6. The molecule has 0 fully saturated rings. The van der Waals surface area contributed by atoms with E-state index in [-0.39, 0.29) is 17.8 Å². The maximum absolute atomic E-state index is 12.5. The molecule has 10 heteroatoms. The van der Waals surface area contributed by atoms with Crippen molar-refractivity contribution in [1.29, 1.82) is 0 Å². The van der Waals surface area contributed by atoms with Gasteiger partial charge in [-0.3, -0.25) is 19.5 Å². The number of nitrogens with zero attached hydrogens (tertiary/aromatic N) is 4. The van der Waals surface area contributed by atoms with Crippen LogP contribution >= 0.6 is 0 Å². The largest absolute Gasteiger partial charge is 0.420 e. The topological polar surface area (TPSA) is 125 Å². The summed E-state index contributed by atoms with van der Waals surface area (Å²) in [4.78, 5) is 39.6. The summed E-state index contributed by atoms with van der Waals surface area (Å²) in [6.07, 6.45) is 3.89. The van der Waals surface area contributed by atoms with E-state index in [0.717, 1.165) is 33.1 Å². The number of benzene rings is 2. The van der Waals surface area contributed by atoms with Gasteiger partial charge >= 0.3 is 5.76 Å². The Balaban J connectivity index is 1.32.